The summed E-state index contributed by atoms with van der Waals surface area (Å²) in [4.78, 5) is 11.7. The molecule has 0 bridgehead atoms. The first-order valence-corrected chi connectivity index (χ1v) is 6.49. The lowest BCUT2D eigenvalue weighted by atomic mass is 10.1. The molecule has 1 saturated heterocycles. The Morgan fingerprint density at radius 3 is 3.17 bits per heavy atom. The van der Waals surface area contributed by atoms with Gasteiger partial charge in [0, 0.05) is 17.3 Å². The van der Waals surface area contributed by atoms with Crippen molar-refractivity contribution in [2.45, 2.75) is 18.9 Å². The number of carbonyl (C=O) groups excluding carboxylic acids is 1. The van der Waals surface area contributed by atoms with Crippen molar-refractivity contribution in [3.8, 4) is 0 Å². The van der Waals surface area contributed by atoms with Crippen LogP contribution in [0.1, 0.15) is 12.8 Å². The molecule has 0 aliphatic carbocycles. The molecule has 18 heavy (non-hydrogen) atoms. The molecule has 0 saturated carbocycles. The van der Waals surface area contributed by atoms with Crippen molar-refractivity contribution < 1.29 is 9.53 Å². The maximum absolute atomic E-state index is 11.7. The Balaban J connectivity index is 1.74. The van der Waals surface area contributed by atoms with E-state index in [4.69, 9.17) is 16.3 Å². The van der Waals surface area contributed by atoms with Gasteiger partial charge in [-0.2, -0.15) is 0 Å². The number of halogens is 1. The zero-order valence-corrected chi connectivity index (χ0v) is 10.9. The molecule has 5 heteroatoms. The van der Waals surface area contributed by atoms with Crippen LogP contribution in [0.2, 0.25) is 5.02 Å². The summed E-state index contributed by atoms with van der Waals surface area (Å²) in [6, 6.07) is 7.07. The minimum Gasteiger partial charge on any atom is -0.367 e. The quantitative estimate of drug-likeness (QED) is 0.879. The maximum atomic E-state index is 11.7. The van der Waals surface area contributed by atoms with Crippen LogP contribution in [0.25, 0.3) is 0 Å². The van der Waals surface area contributed by atoms with E-state index in [0.717, 1.165) is 25.9 Å². The third-order valence-corrected chi connectivity index (χ3v) is 3.05. The Bertz CT molecular complexity index is 406. The summed E-state index contributed by atoms with van der Waals surface area (Å²) in [6.45, 7) is 1.94. The molecule has 0 aromatic heterocycles. The summed E-state index contributed by atoms with van der Waals surface area (Å²) in [5.74, 6) is -0.150. The average Bonchev–Trinajstić information content (AvgIpc) is 2.38. The molecule has 1 amide bonds. The van der Waals surface area contributed by atoms with E-state index in [1.54, 1.807) is 24.3 Å². The monoisotopic (exact) mass is 268 g/mol. The predicted molar refractivity (Wildman–Crippen MR) is 71.9 cm³/mol. The Labute approximate surface area is 112 Å². The molecule has 1 aromatic carbocycles. The second-order valence-electron chi connectivity index (χ2n) is 4.34. The Morgan fingerprint density at radius 1 is 1.56 bits per heavy atom. The van der Waals surface area contributed by atoms with Crippen LogP contribution in [0.3, 0.4) is 0 Å². The van der Waals surface area contributed by atoms with Gasteiger partial charge in [0.15, 0.2) is 0 Å². The molecule has 2 rings (SSSR count). The van der Waals surface area contributed by atoms with E-state index in [-0.39, 0.29) is 18.6 Å². The van der Waals surface area contributed by atoms with Crippen LogP contribution >= 0.6 is 11.6 Å². The minimum atomic E-state index is -0.150. The first kappa shape index (κ1) is 13.3. The summed E-state index contributed by atoms with van der Waals surface area (Å²) in [5.41, 5.74) is 0.692. The van der Waals surface area contributed by atoms with Crippen molar-refractivity contribution in [1.82, 2.24) is 5.32 Å². The highest BCUT2D eigenvalue weighted by atomic mass is 35.5. The number of amides is 1. The first-order chi connectivity index (χ1) is 8.74. The zero-order valence-electron chi connectivity index (χ0n) is 10.1. The third kappa shape index (κ3) is 4.29. The highest BCUT2D eigenvalue weighted by Crippen LogP contribution is 2.14. The molecule has 2 N–H and O–H groups in total. The van der Waals surface area contributed by atoms with E-state index in [9.17, 15) is 4.79 Å². The van der Waals surface area contributed by atoms with E-state index in [0.29, 0.717) is 10.7 Å². The molecule has 98 valence electrons. The van der Waals surface area contributed by atoms with E-state index in [2.05, 4.69) is 10.6 Å². The lowest BCUT2D eigenvalue weighted by molar-refractivity contribution is -0.122. The Hall–Kier alpha value is -1.10. The predicted octanol–water partition coefficient (Wildman–Crippen LogP) is 2.05. The number of ether oxygens (including phenoxy) is 1. The van der Waals surface area contributed by atoms with Gasteiger partial charge in [0.05, 0.1) is 6.10 Å². The van der Waals surface area contributed by atoms with Gasteiger partial charge in [0.1, 0.15) is 6.61 Å². The van der Waals surface area contributed by atoms with Gasteiger partial charge in [0.25, 0.3) is 0 Å². The number of carbonyl (C=O) groups is 1. The summed E-state index contributed by atoms with van der Waals surface area (Å²) in [5, 5.41) is 6.60. The molecule has 1 aliphatic heterocycles. The first-order valence-electron chi connectivity index (χ1n) is 6.12. The van der Waals surface area contributed by atoms with Crippen LogP contribution in [-0.2, 0) is 9.53 Å². The number of benzene rings is 1. The summed E-state index contributed by atoms with van der Waals surface area (Å²) in [7, 11) is 0. The largest absolute Gasteiger partial charge is 0.367 e. The summed E-state index contributed by atoms with van der Waals surface area (Å²) < 4.78 is 5.54. The second-order valence-corrected chi connectivity index (χ2v) is 4.77. The molecular weight excluding hydrogens is 252 g/mol. The zero-order chi connectivity index (χ0) is 12.8. The van der Waals surface area contributed by atoms with Crippen LogP contribution in [-0.4, -0.2) is 31.7 Å². The highest BCUT2D eigenvalue weighted by molar-refractivity contribution is 6.30. The van der Waals surface area contributed by atoms with Crippen molar-refractivity contribution in [2.24, 2.45) is 0 Å². The smallest absolute Gasteiger partial charge is 0.250 e. The molecule has 1 aromatic rings. The van der Waals surface area contributed by atoms with Crippen LogP contribution in [0, 0.1) is 0 Å². The fourth-order valence-electron chi connectivity index (χ4n) is 1.92. The summed E-state index contributed by atoms with van der Waals surface area (Å²) in [6.07, 6.45) is 2.25. The molecule has 1 aliphatic rings. The number of piperidine rings is 1. The van der Waals surface area contributed by atoms with Crippen molar-refractivity contribution in [3.05, 3.63) is 29.3 Å². The summed E-state index contributed by atoms with van der Waals surface area (Å²) >= 11 is 5.84. The van der Waals surface area contributed by atoms with E-state index < -0.39 is 0 Å². The van der Waals surface area contributed by atoms with Crippen LogP contribution in [0.15, 0.2) is 24.3 Å². The second kappa shape index (κ2) is 6.73. The topological polar surface area (TPSA) is 50.4 Å². The number of nitrogens with one attached hydrogen (secondary N) is 2. The van der Waals surface area contributed by atoms with Crippen molar-refractivity contribution in [2.75, 3.05) is 25.0 Å². The molecule has 0 spiro atoms. The highest BCUT2D eigenvalue weighted by Gasteiger charge is 2.14. The van der Waals surface area contributed by atoms with Crippen molar-refractivity contribution in [3.63, 3.8) is 0 Å². The molecule has 0 unspecified atom stereocenters. The normalized spacial score (nSPS) is 19.5. The van der Waals surface area contributed by atoms with Gasteiger partial charge < -0.3 is 15.4 Å². The SMILES string of the molecule is O=C(CO[C@H]1CCCNC1)Nc1cccc(Cl)c1. The van der Waals surface area contributed by atoms with Gasteiger partial charge >= 0.3 is 0 Å². The van der Waals surface area contributed by atoms with E-state index >= 15 is 0 Å². The van der Waals surface area contributed by atoms with Crippen LogP contribution in [0.5, 0.6) is 0 Å². The molecule has 1 heterocycles. The van der Waals surface area contributed by atoms with Gasteiger partial charge in [0.2, 0.25) is 5.91 Å². The molecular formula is C13H17ClN2O2. The fourth-order valence-corrected chi connectivity index (χ4v) is 2.11. The number of hydrogen-bond acceptors (Lipinski definition) is 3. The fraction of sp³-hybridized carbons (Fsp3) is 0.462. The lowest BCUT2D eigenvalue weighted by Crippen LogP contribution is -2.37. The van der Waals surface area contributed by atoms with Crippen molar-refractivity contribution in [1.29, 1.82) is 0 Å². The van der Waals surface area contributed by atoms with Gasteiger partial charge in [-0.1, -0.05) is 17.7 Å². The van der Waals surface area contributed by atoms with E-state index in [1.807, 2.05) is 0 Å². The molecule has 0 radical (unpaired) electrons. The standard InChI is InChI=1S/C13H17ClN2O2/c14-10-3-1-4-11(7-10)16-13(17)9-18-12-5-2-6-15-8-12/h1,3-4,7,12,15H,2,5-6,8-9H2,(H,16,17)/t12-/m0/s1. The van der Waals surface area contributed by atoms with Gasteiger partial charge in [-0.3, -0.25) is 4.79 Å². The van der Waals surface area contributed by atoms with Crippen molar-refractivity contribution >= 4 is 23.2 Å². The van der Waals surface area contributed by atoms with Gasteiger partial charge in [-0.05, 0) is 37.6 Å². The number of anilines is 1. The van der Waals surface area contributed by atoms with Gasteiger partial charge in [-0.25, -0.2) is 0 Å². The Morgan fingerprint density at radius 2 is 2.44 bits per heavy atom. The third-order valence-electron chi connectivity index (χ3n) is 2.81. The number of hydrogen-bond donors (Lipinski definition) is 2. The van der Waals surface area contributed by atoms with Crippen LogP contribution in [0.4, 0.5) is 5.69 Å². The maximum Gasteiger partial charge on any atom is 0.250 e. The van der Waals surface area contributed by atoms with Gasteiger partial charge in [-0.15, -0.1) is 0 Å². The molecule has 4 nitrogen and oxygen atoms in total. The number of rotatable bonds is 4. The average molecular weight is 269 g/mol. The lowest BCUT2D eigenvalue weighted by Gasteiger charge is -2.22. The van der Waals surface area contributed by atoms with Crippen LogP contribution < -0.4 is 10.6 Å². The Kier molecular flexibility index (Phi) is 4.99. The van der Waals surface area contributed by atoms with E-state index in [1.165, 1.54) is 0 Å². The molecule has 1 fully saturated rings. The molecule has 1 atom stereocenters. The minimum absolute atomic E-state index is 0.0822.